The molecule has 1 amide bonds. The van der Waals surface area contributed by atoms with E-state index in [1.54, 1.807) is 0 Å². The zero-order chi connectivity index (χ0) is 18.2. The van der Waals surface area contributed by atoms with Crippen LogP contribution in [0, 0.1) is 13.8 Å². The lowest BCUT2D eigenvalue weighted by molar-refractivity contribution is -0.123. The Morgan fingerprint density at radius 2 is 1.80 bits per heavy atom. The quantitative estimate of drug-likeness (QED) is 0.566. The molecule has 6 heteroatoms. The van der Waals surface area contributed by atoms with Gasteiger partial charge < -0.3 is 10.1 Å². The van der Waals surface area contributed by atoms with Crippen molar-refractivity contribution in [3.63, 3.8) is 0 Å². The minimum Gasteiger partial charge on any atom is -0.484 e. The molecular weight excluding hydrogens is 334 g/mol. The average Bonchev–Trinajstić information content (AvgIpc) is 2.61. The van der Waals surface area contributed by atoms with Gasteiger partial charge in [0, 0.05) is 5.69 Å². The highest BCUT2D eigenvalue weighted by molar-refractivity contribution is 7.80. The molecule has 3 N–H and O–H groups in total. The molecule has 0 bridgehead atoms. The number of nitrogens with one attached hydrogen (secondary N) is 3. The van der Waals surface area contributed by atoms with E-state index in [1.165, 1.54) is 5.56 Å². The number of thiocarbonyl (C=S) groups is 1. The molecule has 0 heterocycles. The first-order valence-electron chi connectivity index (χ1n) is 8.12. The van der Waals surface area contributed by atoms with Crippen molar-refractivity contribution in [2.75, 3.05) is 11.9 Å². The van der Waals surface area contributed by atoms with Crippen molar-refractivity contribution >= 4 is 28.9 Å². The Bertz CT molecular complexity index is 745. The highest BCUT2D eigenvalue weighted by Gasteiger charge is 2.05. The van der Waals surface area contributed by atoms with Crippen LogP contribution in [0.3, 0.4) is 0 Å². The summed E-state index contributed by atoms with van der Waals surface area (Å²) in [5, 5.41) is 3.37. The van der Waals surface area contributed by atoms with Gasteiger partial charge in [0.15, 0.2) is 11.7 Å². The Morgan fingerprint density at radius 1 is 1.08 bits per heavy atom. The summed E-state index contributed by atoms with van der Waals surface area (Å²) in [6.45, 7) is 5.99. The minimum atomic E-state index is -0.315. The van der Waals surface area contributed by atoms with Crippen LogP contribution < -0.4 is 20.9 Å². The van der Waals surface area contributed by atoms with E-state index in [-0.39, 0.29) is 12.5 Å². The molecule has 5 nitrogen and oxygen atoms in total. The third-order valence-electron chi connectivity index (χ3n) is 3.66. The van der Waals surface area contributed by atoms with Gasteiger partial charge in [-0.2, -0.15) is 0 Å². The van der Waals surface area contributed by atoms with E-state index in [9.17, 15) is 4.79 Å². The van der Waals surface area contributed by atoms with Crippen LogP contribution in [0.15, 0.2) is 42.5 Å². The van der Waals surface area contributed by atoms with Gasteiger partial charge in [0.25, 0.3) is 5.91 Å². The van der Waals surface area contributed by atoms with Gasteiger partial charge in [-0.1, -0.05) is 31.2 Å². The molecule has 0 aliphatic heterocycles. The Morgan fingerprint density at radius 3 is 2.48 bits per heavy atom. The number of carbonyl (C=O) groups excluding carboxylic acids is 1. The molecule has 0 saturated heterocycles. The molecule has 2 rings (SSSR count). The predicted molar refractivity (Wildman–Crippen MR) is 105 cm³/mol. The van der Waals surface area contributed by atoms with Crippen LogP contribution in [0.2, 0.25) is 0 Å². The number of aryl methyl sites for hydroxylation is 3. The first kappa shape index (κ1) is 18.7. The first-order chi connectivity index (χ1) is 12.0. The van der Waals surface area contributed by atoms with E-state index in [2.05, 4.69) is 23.1 Å². The summed E-state index contributed by atoms with van der Waals surface area (Å²) in [6, 6.07) is 13.7. The standard InChI is InChI=1S/C19H23N3O2S/c1-4-15-7-9-16(10-8-15)24-12-18(23)21-22-19(25)20-17-11-13(2)5-6-14(17)3/h5-11H,4,12H2,1-3H3,(H,21,23)(H2,20,22,25). The van der Waals surface area contributed by atoms with Crippen LogP contribution in [0.1, 0.15) is 23.6 Å². The van der Waals surface area contributed by atoms with Crippen molar-refractivity contribution in [2.45, 2.75) is 27.2 Å². The molecule has 2 aromatic carbocycles. The fourth-order valence-corrected chi connectivity index (χ4v) is 2.32. The van der Waals surface area contributed by atoms with Crippen LogP contribution >= 0.6 is 12.2 Å². The monoisotopic (exact) mass is 357 g/mol. The topological polar surface area (TPSA) is 62.4 Å². The maximum absolute atomic E-state index is 11.8. The molecule has 0 unspecified atom stereocenters. The maximum atomic E-state index is 11.8. The SMILES string of the molecule is CCc1ccc(OCC(=O)NNC(=S)Nc2cc(C)ccc2C)cc1. The zero-order valence-corrected chi connectivity index (χ0v) is 15.5. The van der Waals surface area contributed by atoms with Crippen LogP contribution in [0.25, 0.3) is 0 Å². The van der Waals surface area contributed by atoms with Crippen molar-refractivity contribution in [3.05, 3.63) is 59.2 Å². The maximum Gasteiger partial charge on any atom is 0.276 e. The zero-order valence-electron chi connectivity index (χ0n) is 14.7. The summed E-state index contributed by atoms with van der Waals surface area (Å²) in [7, 11) is 0. The van der Waals surface area contributed by atoms with E-state index in [0.717, 1.165) is 23.2 Å². The fourth-order valence-electron chi connectivity index (χ4n) is 2.16. The van der Waals surface area contributed by atoms with E-state index in [0.29, 0.717) is 10.9 Å². The van der Waals surface area contributed by atoms with Crippen LogP contribution in [-0.2, 0) is 11.2 Å². The molecule has 132 valence electrons. The van der Waals surface area contributed by atoms with Gasteiger partial charge >= 0.3 is 0 Å². The molecule has 0 aliphatic rings. The van der Waals surface area contributed by atoms with Gasteiger partial charge in [0.05, 0.1) is 0 Å². The number of ether oxygens (including phenoxy) is 1. The molecule has 0 aromatic heterocycles. The Hall–Kier alpha value is -2.60. The van der Waals surface area contributed by atoms with Crippen LogP contribution in [0.4, 0.5) is 5.69 Å². The van der Waals surface area contributed by atoms with Crippen molar-refractivity contribution in [1.29, 1.82) is 0 Å². The number of rotatable bonds is 5. The van der Waals surface area contributed by atoms with Gasteiger partial charge in [-0.15, -0.1) is 0 Å². The second-order valence-corrected chi connectivity index (χ2v) is 6.14. The second-order valence-electron chi connectivity index (χ2n) is 5.73. The number of amides is 1. The Balaban J connectivity index is 1.75. The van der Waals surface area contributed by atoms with Gasteiger partial charge in [-0.05, 0) is 67.4 Å². The highest BCUT2D eigenvalue weighted by Crippen LogP contribution is 2.16. The molecule has 0 atom stereocenters. The summed E-state index contributed by atoms with van der Waals surface area (Å²) in [6.07, 6.45) is 0.968. The number of anilines is 1. The average molecular weight is 357 g/mol. The highest BCUT2D eigenvalue weighted by atomic mass is 32.1. The summed E-state index contributed by atoms with van der Waals surface area (Å²) in [5.74, 6) is 0.341. The van der Waals surface area contributed by atoms with Crippen LogP contribution in [0.5, 0.6) is 5.75 Å². The van der Waals surface area contributed by atoms with E-state index < -0.39 is 0 Å². The molecular formula is C19H23N3O2S. The third-order valence-corrected chi connectivity index (χ3v) is 3.86. The number of benzene rings is 2. The predicted octanol–water partition coefficient (Wildman–Crippen LogP) is 3.26. The normalized spacial score (nSPS) is 10.0. The molecule has 0 fully saturated rings. The number of hydrazine groups is 1. The molecule has 2 aromatic rings. The van der Waals surface area contributed by atoms with Gasteiger partial charge in [0.2, 0.25) is 0 Å². The van der Waals surface area contributed by atoms with Crippen LogP contribution in [-0.4, -0.2) is 17.6 Å². The van der Waals surface area contributed by atoms with Crippen molar-refractivity contribution in [2.24, 2.45) is 0 Å². The second kappa shape index (κ2) is 9.03. The molecule has 0 aliphatic carbocycles. The minimum absolute atomic E-state index is 0.0927. The Labute approximate surface area is 153 Å². The fraction of sp³-hybridized carbons (Fsp3) is 0.263. The number of hydrogen-bond donors (Lipinski definition) is 3. The molecule has 0 spiro atoms. The largest absolute Gasteiger partial charge is 0.484 e. The van der Waals surface area contributed by atoms with E-state index >= 15 is 0 Å². The summed E-state index contributed by atoms with van der Waals surface area (Å²) < 4.78 is 5.44. The summed E-state index contributed by atoms with van der Waals surface area (Å²) in [5.41, 5.74) is 9.51. The van der Waals surface area contributed by atoms with Gasteiger partial charge in [-0.3, -0.25) is 15.6 Å². The number of carbonyl (C=O) groups is 1. The van der Waals surface area contributed by atoms with E-state index in [1.807, 2.05) is 56.3 Å². The molecule has 0 radical (unpaired) electrons. The molecule has 25 heavy (non-hydrogen) atoms. The molecule has 0 saturated carbocycles. The van der Waals surface area contributed by atoms with E-state index in [4.69, 9.17) is 17.0 Å². The lowest BCUT2D eigenvalue weighted by atomic mass is 10.1. The van der Waals surface area contributed by atoms with Crippen molar-refractivity contribution < 1.29 is 9.53 Å². The first-order valence-corrected chi connectivity index (χ1v) is 8.53. The summed E-state index contributed by atoms with van der Waals surface area (Å²) >= 11 is 5.18. The van der Waals surface area contributed by atoms with Gasteiger partial charge in [-0.25, -0.2) is 0 Å². The third kappa shape index (κ3) is 6.08. The lowest BCUT2D eigenvalue weighted by Gasteiger charge is -2.14. The number of hydrogen-bond acceptors (Lipinski definition) is 3. The van der Waals surface area contributed by atoms with Crippen molar-refractivity contribution in [3.8, 4) is 5.75 Å². The summed E-state index contributed by atoms with van der Waals surface area (Å²) in [4.78, 5) is 11.8. The van der Waals surface area contributed by atoms with Gasteiger partial charge in [0.1, 0.15) is 5.75 Å². The lowest BCUT2D eigenvalue weighted by Crippen LogP contribution is -2.45. The smallest absolute Gasteiger partial charge is 0.276 e. The Kier molecular flexibility index (Phi) is 6.77. The van der Waals surface area contributed by atoms with Crippen molar-refractivity contribution in [1.82, 2.24) is 10.9 Å².